The molecule has 5 heteroatoms. The maximum atomic E-state index is 5.51. The number of pyridine rings is 1. The van der Waals surface area contributed by atoms with E-state index in [0.717, 1.165) is 19.7 Å². The Labute approximate surface area is 109 Å². The molecule has 1 N–H and O–H groups in total. The van der Waals surface area contributed by atoms with Crippen molar-refractivity contribution in [1.82, 2.24) is 10.3 Å². The molecule has 1 unspecified atom stereocenters. The van der Waals surface area contributed by atoms with Crippen molar-refractivity contribution < 1.29 is 4.74 Å². The van der Waals surface area contributed by atoms with Gasteiger partial charge in [-0.2, -0.15) is 0 Å². The highest BCUT2D eigenvalue weighted by Crippen LogP contribution is 2.10. The topological polar surface area (TPSA) is 34.2 Å². The number of hydrogen-bond acceptors (Lipinski definition) is 3. The van der Waals surface area contributed by atoms with Crippen LogP contribution in [0.5, 0.6) is 0 Å². The summed E-state index contributed by atoms with van der Waals surface area (Å²) < 4.78 is 5.51. The Morgan fingerprint density at radius 2 is 2.31 bits per heavy atom. The molecule has 0 saturated carbocycles. The van der Waals surface area contributed by atoms with Crippen LogP contribution in [-0.2, 0) is 11.3 Å². The lowest BCUT2D eigenvalue weighted by Crippen LogP contribution is -2.25. The monoisotopic (exact) mass is 264 g/mol. The fourth-order valence-corrected chi connectivity index (χ4v) is 1.69. The smallest absolute Gasteiger partial charge is 0.0700 e. The van der Waals surface area contributed by atoms with Crippen molar-refractivity contribution in [2.45, 2.75) is 25.5 Å². The maximum absolute atomic E-state index is 5.51. The minimum atomic E-state index is 0. The molecule has 1 aromatic rings. The second kappa shape index (κ2) is 8.76. The molecule has 2 heterocycles. The van der Waals surface area contributed by atoms with E-state index in [2.05, 4.69) is 16.4 Å². The fraction of sp³-hybridized carbons (Fsp3) is 0.545. The zero-order chi connectivity index (χ0) is 9.64. The second-order valence-electron chi connectivity index (χ2n) is 3.63. The van der Waals surface area contributed by atoms with E-state index >= 15 is 0 Å². The lowest BCUT2D eigenvalue weighted by molar-refractivity contribution is 0.110. The zero-order valence-electron chi connectivity index (χ0n) is 9.09. The molecule has 0 aromatic carbocycles. The number of rotatable bonds is 4. The van der Waals surface area contributed by atoms with Crippen molar-refractivity contribution >= 4 is 24.8 Å². The predicted octanol–water partition coefficient (Wildman–Crippen LogP) is 2.19. The SMILES string of the molecule is Cl.Cl.c1cncc(CNCC2CCCO2)c1. The van der Waals surface area contributed by atoms with Gasteiger partial charge in [-0.25, -0.2) is 0 Å². The summed E-state index contributed by atoms with van der Waals surface area (Å²) in [5.74, 6) is 0. The molecule has 0 bridgehead atoms. The van der Waals surface area contributed by atoms with Crippen LogP contribution in [0.25, 0.3) is 0 Å². The van der Waals surface area contributed by atoms with Gasteiger partial charge in [0, 0.05) is 32.1 Å². The van der Waals surface area contributed by atoms with Gasteiger partial charge in [0.2, 0.25) is 0 Å². The summed E-state index contributed by atoms with van der Waals surface area (Å²) in [7, 11) is 0. The maximum Gasteiger partial charge on any atom is 0.0700 e. The minimum absolute atomic E-state index is 0. The van der Waals surface area contributed by atoms with E-state index in [1.54, 1.807) is 6.20 Å². The number of aromatic nitrogens is 1. The van der Waals surface area contributed by atoms with Crippen molar-refractivity contribution in [3.63, 3.8) is 0 Å². The number of nitrogens with one attached hydrogen (secondary N) is 1. The summed E-state index contributed by atoms with van der Waals surface area (Å²) in [6.07, 6.45) is 6.51. The average Bonchev–Trinajstić information content (AvgIpc) is 2.72. The second-order valence-corrected chi connectivity index (χ2v) is 3.63. The molecule has 16 heavy (non-hydrogen) atoms. The Hall–Kier alpha value is -0.350. The van der Waals surface area contributed by atoms with Gasteiger partial charge in [0.25, 0.3) is 0 Å². The van der Waals surface area contributed by atoms with Gasteiger partial charge in [-0.05, 0) is 24.5 Å². The number of nitrogens with zero attached hydrogens (tertiary/aromatic N) is 1. The van der Waals surface area contributed by atoms with Crippen LogP contribution >= 0.6 is 24.8 Å². The number of hydrogen-bond donors (Lipinski definition) is 1. The van der Waals surface area contributed by atoms with E-state index < -0.39 is 0 Å². The third kappa shape index (κ3) is 5.12. The van der Waals surface area contributed by atoms with E-state index in [0.29, 0.717) is 6.10 Å². The van der Waals surface area contributed by atoms with Gasteiger partial charge in [0.15, 0.2) is 0 Å². The van der Waals surface area contributed by atoms with Crippen molar-refractivity contribution in [1.29, 1.82) is 0 Å². The van der Waals surface area contributed by atoms with Gasteiger partial charge in [-0.3, -0.25) is 4.98 Å². The molecule has 1 aliphatic heterocycles. The molecule has 1 fully saturated rings. The van der Waals surface area contributed by atoms with Crippen LogP contribution < -0.4 is 5.32 Å². The van der Waals surface area contributed by atoms with E-state index in [1.165, 1.54) is 18.4 Å². The first kappa shape index (κ1) is 15.7. The normalized spacial score (nSPS) is 18.6. The van der Waals surface area contributed by atoms with Crippen LogP contribution in [0.3, 0.4) is 0 Å². The quantitative estimate of drug-likeness (QED) is 0.906. The van der Waals surface area contributed by atoms with Crippen molar-refractivity contribution in [2.75, 3.05) is 13.2 Å². The van der Waals surface area contributed by atoms with Crippen molar-refractivity contribution in [3.05, 3.63) is 30.1 Å². The Bertz CT molecular complexity index is 266. The molecule has 0 amide bonds. The molecule has 0 radical (unpaired) electrons. The van der Waals surface area contributed by atoms with E-state index in [9.17, 15) is 0 Å². The molecule has 1 aliphatic rings. The van der Waals surface area contributed by atoms with Gasteiger partial charge in [-0.1, -0.05) is 6.07 Å². The summed E-state index contributed by atoms with van der Waals surface area (Å²) in [5.41, 5.74) is 1.23. The molecule has 2 rings (SSSR count). The number of halogens is 2. The van der Waals surface area contributed by atoms with Gasteiger partial charge in [0.1, 0.15) is 0 Å². The third-order valence-electron chi connectivity index (χ3n) is 2.45. The molecule has 0 aliphatic carbocycles. The highest BCUT2D eigenvalue weighted by atomic mass is 35.5. The van der Waals surface area contributed by atoms with Crippen LogP contribution in [-0.4, -0.2) is 24.2 Å². The molecular weight excluding hydrogens is 247 g/mol. The largest absolute Gasteiger partial charge is 0.377 e. The summed E-state index contributed by atoms with van der Waals surface area (Å²) >= 11 is 0. The van der Waals surface area contributed by atoms with Crippen molar-refractivity contribution in [3.8, 4) is 0 Å². The first-order valence-corrected chi connectivity index (χ1v) is 5.16. The minimum Gasteiger partial charge on any atom is -0.377 e. The first-order chi connectivity index (χ1) is 6.95. The lowest BCUT2D eigenvalue weighted by Gasteiger charge is -2.10. The molecule has 3 nitrogen and oxygen atoms in total. The van der Waals surface area contributed by atoms with Gasteiger partial charge in [0.05, 0.1) is 6.10 Å². The highest BCUT2D eigenvalue weighted by Gasteiger charge is 2.14. The third-order valence-corrected chi connectivity index (χ3v) is 2.45. The molecule has 1 aromatic heterocycles. The zero-order valence-corrected chi connectivity index (χ0v) is 10.7. The van der Waals surface area contributed by atoms with E-state index in [4.69, 9.17) is 4.74 Å². The van der Waals surface area contributed by atoms with Gasteiger partial charge in [-0.15, -0.1) is 24.8 Å². The predicted molar refractivity (Wildman–Crippen MR) is 69.4 cm³/mol. The molecule has 0 spiro atoms. The van der Waals surface area contributed by atoms with Gasteiger partial charge >= 0.3 is 0 Å². The fourth-order valence-electron chi connectivity index (χ4n) is 1.69. The summed E-state index contributed by atoms with van der Waals surface area (Å²) in [6.45, 7) is 2.77. The van der Waals surface area contributed by atoms with Crippen LogP contribution in [0.15, 0.2) is 24.5 Å². The van der Waals surface area contributed by atoms with E-state index in [-0.39, 0.29) is 24.8 Å². The standard InChI is InChI=1S/C11H16N2O.2ClH/c1-3-10(7-12-5-1)8-13-9-11-4-2-6-14-11;;/h1,3,5,7,11,13H,2,4,6,8-9H2;2*1H. The summed E-state index contributed by atoms with van der Waals surface area (Å²) in [5, 5.41) is 3.38. The number of ether oxygens (including phenoxy) is 1. The Kier molecular flexibility index (Phi) is 8.57. The highest BCUT2D eigenvalue weighted by molar-refractivity contribution is 5.85. The average molecular weight is 265 g/mol. The molecule has 1 atom stereocenters. The molecule has 1 saturated heterocycles. The molecular formula is C11H18Cl2N2O. The molecule has 92 valence electrons. The Morgan fingerprint density at radius 3 is 2.94 bits per heavy atom. The summed E-state index contributed by atoms with van der Waals surface area (Å²) in [6, 6.07) is 4.04. The van der Waals surface area contributed by atoms with E-state index in [1.807, 2.05) is 12.3 Å². The lowest BCUT2D eigenvalue weighted by atomic mass is 10.2. The first-order valence-electron chi connectivity index (χ1n) is 5.16. The van der Waals surface area contributed by atoms with Crippen LogP contribution in [0.2, 0.25) is 0 Å². The van der Waals surface area contributed by atoms with Crippen LogP contribution in [0, 0.1) is 0 Å². The van der Waals surface area contributed by atoms with Crippen LogP contribution in [0.4, 0.5) is 0 Å². The summed E-state index contributed by atoms with van der Waals surface area (Å²) in [4.78, 5) is 4.06. The Balaban J connectivity index is 0.00000112. The Morgan fingerprint density at radius 1 is 1.44 bits per heavy atom. The van der Waals surface area contributed by atoms with Crippen molar-refractivity contribution in [2.24, 2.45) is 0 Å². The van der Waals surface area contributed by atoms with Crippen LogP contribution in [0.1, 0.15) is 18.4 Å². The van der Waals surface area contributed by atoms with Gasteiger partial charge < -0.3 is 10.1 Å².